The van der Waals surface area contributed by atoms with Crippen LogP contribution in [0.25, 0.3) is 55.9 Å². The summed E-state index contributed by atoms with van der Waals surface area (Å²) in [6, 6.07) is 2.98. The van der Waals surface area contributed by atoms with Crippen LogP contribution in [-0.2, 0) is 30.1 Å². The molecule has 4 N–H and O–H groups in total. The number of nitrogen functional groups attached to an aromatic ring is 2. The lowest BCUT2D eigenvalue weighted by atomic mass is 9.68. The maximum atomic E-state index is 15.3. The topological polar surface area (TPSA) is 202 Å². The number of aryl methyl sites for hydroxylation is 2. The third-order valence-corrected chi connectivity index (χ3v) is 15.6. The van der Waals surface area contributed by atoms with Crippen LogP contribution in [0.4, 0.5) is 16.0 Å². The fraction of sp³-hybridized carbons (Fsp3) is 0.392. The van der Waals surface area contributed by atoms with Crippen LogP contribution in [0.15, 0.2) is 73.4 Å². The number of likely N-dealkylation sites (tertiary alicyclic amines) is 2. The van der Waals surface area contributed by atoms with Gasteiger partial charge in [-0.3, -0.25) is 14.6 Å². The van der Waals surface area contributed by atoms with E-state index in [-0.39, 0.29) is 28.1 Å². The summed E-state index contributed by atoms with van der Waals surface area (Å²) >= 11 is 0. The molecule has 5 aliphatic rings. The summed E-state index contributed by atoms with van der Waals surface area (Å²) in [5.41, 5.74) is 21.8. The van der Waals surface area contributed by atoms with Crippen LogP contribution >= 0.6 is 0 Å². The van der Waals surface area contributed by atoms with E-state index >= 15 is 4.39 Å². The number of allylic oxidation sites excluding steroid dienone is 6. The van der Waals surface area contributed by atoms with Crippen molar-refractivity contribution in [2.45, 2.75) is 70.6 Å². The Labute approximate surface area is 392 Å². The molecule has 9 heterocycles. The van der Waals surface area contributed by atoms with Gasteiger partial charge in [0.2, 0.25) is 5.78 Å². The second kappa shape index (κ2) is 17.1. The standard InChI is InChI=1S/C51H54FN13O3/c1-62-43(38(42-33(52)4-3-20-55-42)40-45(53)57-29-59-48(40)62)31-5-14-51(15-6-31)18-24-65(25-19-51)35(10-26-66)36(67)9-21-64-22-16-50(17-23-64)12-7-32(8-13-50)44-39(41-46(54)58-30-60-49(41)63(44)2)47-56-28-37-34(61-47)11-27-68-37/h3-5,7,9-10,20-21,26,28-30H,6,8,11-19,22-25,27H2,1-2H3,(H2,53,57,59)(H2,54,58,60). The summed E-state index contributed by atoms with van der Waals surface area (Å²) in [4.78, 5) is 61.9. The number of carbonyl (C=O) groups excluding carboxylic acids is 2. The van der Waals surface area contributed by atoms with Crippen LogP contribution in [0.2, 0.25) is 0 Å². The van der Waals surface area contributed by atoms with Gasteiger partial charge in [-0.15, -0.1) is 0 Å². The van der Waals surface area contributed by atoms with Gasteiger partial charge in [0.25, 0.3) is 0 Å². The van der Waals surface area contributed by atoms with Crippen molar-refractivity contribution in [1.29, 1.82) is 0 Å². The van der Waals surface area contributed by atoms with Gasteiger partial charge < -0.3 is 35.1 Å². The molecule has 2 spiro atoms. The van der Waals surface area contributed by atoms with Crippen LogP contribution in [0.5, 0.6) is 5.75 Å². The van der Waals surface area contributed by atoms with E-state index in [4.69, 9.17) is 26.2 Å². The van der Waals surface area contributed by atoms with E-state index in [1.807, 2.05) is 24.9 Å². The number of fused-ring (bicyclic) bond motifs is 3. The average Bonchev–Trinajstić information content (AvgIpc) is 4.04. The third kappa shape index (κ3) is 7.38. The number of rotatable bonds is 9. The quantitative estimate of drug-likeness (QED) is 0.109. The number of halogens is 1. The monoisotopic (exact) mass is 915 g/mol. The molecule has 16 nitrogen and oxygen atoms in total. The summed E-state index contributed by atoms with van der Waals surface area (Å²) in [6.45, 7) is 3.63. The van der Waals surface area contributed by atoms with Gasteiger partial charge in [-0.25, -0.2) is 34.3 Å². The number of ketones is 1. The van der Waals surface area contributed by atoms with Crippen molar-refractivity contribution in [2.75, 3.05) is 44.3 Å². The molecule has 0 radical (unpaired) electrons. The second-order valence-electron chi connectivity index (χ2n) is 19.2. The highest BCUT2D eigenvalue weighted by molar-refractivity contribution is 6.07. The molecule has 0 amide bonds. The average molecular weight is 916 g/mol. The Morgan fingerprint density at radius 2 is 1.40 bits per heavy atom. The molecule has 0 bridgehead atoms. The lowest BCUT2D eigenvalue weighted by molar-refractivity contribution is -0.113. The van der Waals surface area contributed by atoms with E-state index < -0.39 is 5.82 Å². The lowest BCUT2D eigenvalue weighted by Gasteiger charge is -2.45. The highest BCUT2D eigenvalue weighted by Crippen LogP contribution is 2.51. The van der Waals surface area contributed by atoms with Crippen LogP contribution < -0.4 is 16.2 Å². The largest absolute Gasteiger partial charge is 0.490 e. The summed E-state index contributed by atoms with van der Waals surface area (Å²) in [7, 11) is 3.95. The van der Waals surface area contributed by atoms with E-state index in [1.165, 1.54) is 30.4 Å². The van der Waals surface area contributed by atoms with Gasteiger partial charge in [0.05, 0.1) is 51.9 Å². The van der Waals surface area contributed by atoms with Gasteiger partial charge in [0.15, 0.2) is 11.6 Å². The van der Waals surface area contributed by atoms with Crippen LogP contribution in [0.1, 0.15) is 81.3 Å². The van der Waals surface area contributed by atoms with Crippen molar-refractivity contribution < 1.29 is 18.7 Å². The molecule has 17 heteroatoms. The van der Waals surface area contributed by atoms with Gasteiger partial charge in [-0.1, -0.05) is 12.2 Å². The Morgan fingerprint density at radius 3 is 2.00 bits per heavy atom. The first-order valence-electron chi connectivity index (χ1n) is 23.6. The number of nitrogens with two attached hydrogens (primary N) is 2. The molecule has 6 aromatic rings. The van der Waals surface area contributed by atoms with E-state index in [0.717, 1.165) is 135 Å². The first-order valence-corrected chi connectivity index (χ1v) is 23.6. The predicted molar refractivity (Wildman–Crippen MR) is 258 cm³/mol. The molecule has 0 saturated carbocycles. The van der Waals surface area contributed by atoms with E-state index in [2.05, 4.69) is 51.4 Å². The molecule has 0 atom stereocenters. The normalized spacial score (nSPS) is 19.2. The maximum Gasteiger partial charge on any atom is 0.203 e. The Morgan fingerprint density at radius 1 is 0.779 bits per heavy atom. The minimum absolute atomic E-state index is 0.0515. The van der Waals surface area contributed by atoms with E-state index in [0.29, 0.717) is 53.6 Å². The number of pyridine rings is 1. The third-order valence-electron chi connectivity index (χ3n) is 15.6. The van der Waals surface area contributed by atoms with E-state index in [1.54, 1.807) is 24.5 Å². The predicted octanol–water partition coefficient (Wildman–Crippen LogP) is 7.17. The van der Waals surface area contributed by atoms with Crippen molar-refractivity contribution in [2.24, 2.45) is 24.9 Å². The minimum atomic E-state index is -0.431. The first kappa shape index (κ1) is 43.3. The smallest absolute Gasteiger partial charge is 0.203 e. The summed E-state index contributed by atoms with van der Waals surface area (Å²) in [6.07, 6.45) is 26.6. The molecular formula is C51H54FN13O3. The van der Waals surface area contributed by atoms with E-state index in [9.17, 15) is 9.59 Å². The van der Waals surface area contributed by atoms with Crippen LogP contribution in [-0.4, -0.2) is 98.7 Å². The molecule has 11 rings (SSSR count). The lowest BCUT2D eigenvalue weighted by Crippen LogP contribution is -2.41. The number of nitrogens with zero attached hydrogens (tertiary/aromatic N) is 11. The molecule has 2 aliphatic carbocycles. The van der Waals surface area contributed by atoms with Crippen LogP contribution in [0.3, 0.4) is 0 Å². The number of anilines is 2. The highest BCUT2D eigenvalue weighted by Gasteiger charge is 2.40. The molecule has 3 aliphatic heterocycles. The maximum absolute atomic E-state index is 15.3. The first-order chi connectivity index (χ1) is 33.1. The SMILES string of the molecule is Cn1c(C2=CCC3(CC2)CCN(C=CC(=O)C(=CC=O)N2CCC4(CC=C(c5c(-c6ncccc6F)c6c(N)ncnc6n5C)CC4)CC2)CC3)c(-c2ncc3c(n2)CCO3)c2c(N)ncnc21. The molecule has 2 fully saturated rings. The van der Waals surface area contributed by atoms with Gasteiger partial charge in [-0.05, 0) is 98.3 Å². The zero-order valence-corrected chi connectivity index (χ0v) is 38.4. The number of hydrogen-bond donors (Lipinski definition) is 2. The number of hydrogen-bond acceptors (Lipinski definition) is 14. The Hall–Kier alpha value is -7.30. The molecule has 348 valence electrons. The van der Waals surface area contributed by atoms with Crippen molar-refractivity contribution in [3.8, 4) is 28.4 Å². The van der Waals surface area contributed by atoms with Gasteiger partial charge in [0, 0.05) is 76.8 Å². The van der Waals surface area contributed by atoms with Crippen molar-refractivity contribution >= 4 is 56.9 Å². The zero-order chi connectivity index (χ0) is 46.7. The van der Waals surface area contributed by atoms with Gasteiger partial charge >= 0.3 is 0 Å². The van der Waals surface area contributed by atoms with Crippen molar-refractivity contribution in [3.05, 3.63) is 96.3 Å². The summed E-state index contributed by atoms with van der Waals surface area (Å²) in [5, 5.41) is 1.36. The Balaban J connectivity index is 0.736. The molecule has 0 unspecified atom stereocenters. The Kier molecular flexibility index (Phi) is 10.9. The van der Waals surface area contributed by atoms with Crippen LogP contribution in [0, 0.1) is 16.6 Å². The molecule has 2 saturated heterocycles. The van der Waals surface area contributed by atoms with Gasteiger partial charge in [0.1, 0.15) is 53.4 Å². The zero-order valence-electron chi connectivity index (χ0n) is 38.4. The summed E-state index contributed by atoms with van der Waals surface area (Å²) < 4.78 is 25.1. The van der Waals surface area contributed by atoms with Gasteiger partial charge in [-0.2, -0.15) is 0 Å². The highest BCUT2D eigenvalue weighted by atomic mass is 19.1. The number of aromatic nitrogens is 9. The molecule has 0 aromatic carbocycles. The molecule has 6 aromatic heterocycles. The molecule has 68 heavy (non-hydrogen) atoms. The number of piperidine rings is 2. The number of carbonyl (C=O) groups is 2. The van der Waals surface area contributed by atoms with Crippen molar-refractivity contribution in [1.82, 2.24) is 53.8 Å². The minimum Gasteiger partial charge on any atom is -0.490 e. The number of ether oxygens (including phenoxy) is 1. The second-order valence-corrected chi connectivity index (χ2v) is 19.2. The Bertz CT molecular complexity index is 3150. The summed E-state index contributed by atoms with van der Waals surface area (Å²) in [5.74, 6) is 1.43. The van der Waals surface area contributed by atoms with Crippen molar-refractivity contribution in [3.63, 3.8) is 0 Å². The fourth-order valence-corrected chi connectivity index (χ4v) is 11.7. The molecular weight excluding hydrogens is 862 g/mol. The number of aldehydes is 1. The fourth-order valence-electron chi connectivity index (χ4n) is 11.7.